The van der Waals surface area contributed by atoms with Crippen LogP contribution < -0.4 is 4.90 Å². The van der Waals surface area contributed by atoms with Crippen molar-refractivity contribution in [2.24, 2.45) is 11.8 Å². The fourth-order valence-electron chi connectivity index (χ4n) is 1.39. The van der Waals surface area contributed by atoms with Gasteiger partial charge in [0.15, 0.2) is 5.13 Å². The molecule has 2 rings (SSSR count). The predicted octanol–water partition coefficient (Wildman–Crippen LogP) is 1.76. The number of hydrogen-bond donors (Lipinski definition) is 0. The lowest BCUT2D eigenvalue weighted by atomic mass is 10.3. The van der Waals surface area contributed by atoms with E-state index in [1.54, 1.807) is 18.1 Å². The fourth-order valence-corrected chi connectivity index (χ4v) is 2.00. The third kappa shape index (κ3) is 1.58. The van der Waals surface area contributed by atoms with Crippen LogP contribution in [0, 0.1) is 11.8 Å². The Kier molecular flexibility index (Phi) is 2.07. The van der Waals surface area contributed by atoms with Crippen LogP contribution in [0.3, 0.4) is 0 Å². The van der Waals surface area contributed by atoms with Crippen LogP contribution in [-0.4, -0.2) is 17.9 Å². The molecule has 1 heterocycles. The van der Waals surface area contributed by atoms with Gasteiger partial charge in [0.25, 0.3) is 0 Å². The van der Waals surface area contributed by atoms with E-state index in [4.69, 9.17) is 0 Å². The van der Waals surface area contributed by atoms with Gasteiger partial charge in [-0.25, -0.2) is 4.98 Å². The molecule has 3 nitrogen and oxygen atoms in total. The lowest BCUT2D eigenvalue weighted by Gasteiger charge is -2.12. The number of hydrogen-bond acceptors (Lipinski definition) is 3. The second-order valence-electron chi connectivity index (χ2n) is 3.53. The Bertz CT molecular complexity index is 309. The molecule has 0 radical (unpaired) electrons. The molecule has 1 aromatic rings. The van der Waals surface area contributed by atoms with Crippen molar-refractivity contribution >= 4 is 22.4 Å². The van der Waals surface area contributed by atoms with E-state index in [1.165, 1.54) is 11.3 Å². The summed E-state index contributed by atoms with van der Waals surface area (Å²) >= 11 is 1.50. The van der Waals surface area contributed by atoms with E-state index >= 15 is 0 Å². The summed E-state index contributed by atoms with van der Waals surface area (Å²) in [7, 11) is 1.80. The lowest BCUT2D eigenvalue weighted by Crippen LogP contribution is -2.27. The Hall–Kier alpha value is -0.900. The van der Waals surface area contributed by atoms with Crippen molar-refractivity contribution in [3.63, 3.8) is 0 Å². The van der Waals surface area contributed by atoms with Crippen LogP contribution in [0.15, 0.2) is 11.6 Å². The van der Waals surface area contributed by atoms with E-state index in [9.17, 15) is 4.79 Å². The van der Waals surface area contributed by atoms with Gasteiger partial charge in [-0.2, -0.15) is 0 Å². The number of rotatable bonds is 2. The summed E-state index contributed by atoms with van der Waals surface area (Å²) in [5, 5.41) is 2.68. The largest absolute Gasteiger partial charge is 0.291 e. The summed E-state index contributed by atoms with van der Waals surface area (Å²) in [5.41, 5.74) is 0. The first-order valence-corrected chi connectivity index (χ1v) is 5.25. The second kappa shape index (κ2) is 3.10. The van der Waals surface area contributed by atoms with Gasteiger partial charge >= 0.3 is 0 Å². The topological polar surface area (TPSA) is 33.2 Å². The van der Waals surface area contributed by atoms with Gasteiger partial charge < -0.3 is 0 Å². The molecule has 1 saturated carbocycles. The molecule has 0 spiro atoms. The van der Waals surface area contributed by atoms with Gasteiger partial charge in [-0.3, -0.25) is 9.69 Å². The quantitative estimate of drug-likeness (QED) is 0.722. The van der Waals surface area contributed by atoms with E-state index in [2.05, 4.69) is 11.9 Å². The number of aromatic nitrogens is 1. The standard InChI is InChI=1S/C9H12N2OS/c1-6-5-7(6)8(12)11(2)9-10-3-4-13-9/h3-4,6-7H,5H2,1-2H3/t6-,7-/m1/s1. The molecule has 1 amide bonds. The Morgan fingerprint density at radius 2 is 2.46 bits per heavy atom. The molecule has 2 atom stereocenters. The minimum atomic E-state index is 0.211. The fraction of sp³-hybridized carbons (Fsp3) is 0.556. The lowest BCUT2D eigenvalue weighted by molar-refractivity contribution is -0.119. The number of anilines is 1. The first kappa shape index (κ1) is 8.69. The number of amides is 1. The molecule has 1 aliphatic rings. The maximum atomic E-state index is 11.7. The smallest absolute Gasteiger partial charge is 0.231 e. The average molecular weight is 196 g/mol. The van der Waals surface area contributed by atoms with Crippen molar-refractivity contribution in [3.05, 3.63) is 11.6 Å². The second-order valence-corrected chi connectivity index (χ2v) is 4.40. The molecule has 0 aromatic carbocycles. The normalized spacial score (nSPS) is 25.7. The Labute approximate surface area is 81.4 Å². The SMILES string of the molecule is C[C@@H]1C[C@H]1C(=O)N(C)c1nccs1. The maximum Gasteiger partial charge on any atom is 0.231 e. The number of carbonyl (C=O) groups excluding carboxylic acids is 1. The molecule has 0 N–H and O–H groups in total. The van der Waals surface area contributed by atoms with Gasteiger partial charge in [0.2, 0.25) is 5.91 Å². The Morgan fingerprint density at radius 3 is 2.92 bits per heavy atom. The summed E-state index contributed by atoms with van der Waals surface area (Å²) < 4.78 is 0. The third-order valence-corrected chi connectivity index (χ3v) is 3.31. The number of thiazole rings is 1. The van der Waals surface area contributed by atoms with Crippen LogP contribution in [0.5, 0.6) is 0 Å². The molecule has 13 heavy (non-hydrogen) atoms. The van der Waals surface area contributed by atoms with Crippen molar-refractivity contribution in [2.45, 2.75) is 13.3 Å². The Balaban J connectivity index is 2.05. The summed E-state index contributed by atoms with van der Waals surface area (Å²) in [6.45, 7) is 2.11. The summed E-state index contributed by atoms with van der Waals surface area (Å²) in [5.74, 6) is 1.02. The van der Waals surface area contributed by atoms with Gasteiger partial charge in [-0.1, -0.05) is 6.92 Å². The van der Waals surface area contributed by atoms with Crippen LogP contribution in [0.1, 0.15) is 13.3 Å². The summed E-state index contributed by atoms with van der Waals surface area (Å²) in [6.07, 6.45) is 2.76. The molecule has 1 aromatic heterocycles. The molecule has 1 aliphatic carbocycles. The molecule has 70 valence electrons. The molecule has 0 unspecified atom stereocenters. The van der Waals surface area contributed by atoms with Gasteiger partial charge in [-0.15, -0.1) is 11.3 Å². The number of carbonyl (C=O) groups is 1. The zero-order chi connectivity index (χ0) is 9.42. The van der Waals surface area contributed by atoms with Gasteiger partial charge in [0.05, 0.1) is 0 Å². The van der Waals surface area contributed by atoms with E-state index in [1.807, 2.05) is 5.38 Å². The molecule has 1 fully saturated rings. The molecule has 0 bridgehead atoms. The van der Waals surface area contributed by atoms with Crippen molar-refractivity contribution < 1.29 is 4.79 Å². The van der Waals surface area contributed by atoms with Crippen LogP contribution in [0.4, 0.5) is 5.13 Å². The highest BCUT2D eigenvalue weighted by molar-refractivity contribution is 7.13. The van der Waals surface area contributed by atoms with Crippen LogP contribution >= 0.6 is 11.3 Å². The van der Waals surface area contributed by atoms with Crippen molar-refractivity contribution in [1.82, 2.24) is 4.98 Å². The van der Waals surface area contributed by atoms with E-state index in [-0.39, 0.29) is 11.8 Å². The highest BCUT2D eigenvalue weighted by Gasteiger charge is 2.41. The zero-order valence-electron chi connectivity index (χ0n) is 7.73. The first-order chi connectivity index (χ1) is 6.20. The zero-order valence-corrected chi connectivity index (χ0v) is 8.54. The molecular formula is C9H12N2OS. The molecule has 0 saturated heterocycles. The van der Waals surface area contributed by atoms with Crippen molar-refractivity contribution in [2.75, 3.05) is 11.9 Å². The average Bonchev–Trinajstić information content (AvgIpc) is 2.69. The summed E-state index contributed by atoms with van der Waals surface area (Å²) in [6, 6.07) is 0. The van der Waals surface area contributed by atoms with Gasteiger partial charge in [0, 0.05) is 24.5 Å². The van der Waals surface area contributed by atoms with Gasteiger partial charge in [-0.05, 0) is 12.3 Å². The van der Waals surface area contributed by atoms with Crippen molar-refractivity contribution in [1.29, 1.82) is 0 Å². The molecule has 4 heteroatoms. The minimum absolute atomic E-state index is 0.211. The Morgan fingerprint density at radius 1 is 1.77 bits per heavy atom. The van der Waals surface area contributed by atoms with Crippen molar-refractivity contribution in [3.8, 4) is 0 Å². The highest BCUT2D eigenvalue weighted by atomic mass is 32.1. The van der Waals surface area contributed by atoms with Gasteiger partial charge in [0.1, 0.15) is 0 Å². The van der Waals surface area contributed by atoms with E-state index in [0.29, 0.717) is 5.92 Å². The van der Waals surface area contributed by atoms with Crippen LogP contribution in [0.2, 0.25) is 0 Å². The van der Waals surface area contributed by atoms with E-state index in [0.717, 1.165) is 11.6 Å². The van der Waals surface area contributed by atoms with E-state index < -0.39 is 0 Å². The third-order valence-electron chi connectivity index (χ3n) is 2.46. The maximum absolute atomic E-state index is 11.7. The van der Waals surface area contributed by atoms with Crippen LogP contribution in [0.25, 0.3) is 0 Å². The number of nitrogens with zero attached hydrogens (tertiary/aromatic N) is 2. The monoisotopic (exact) mass is 196 g/mol. The molecular weight excluding hydrogens is 184 g/mol. The summed E-state index contributed by atoms with van der Waals surface area (Å²) in [4.78, 5) is 17.5. The minimum Gasteiger partial charge on any atom is -0.291 e. The first-order valence-electron chi connectivity index (χ1n) is 4.37. The highest BCUT2D eigenvalue weighted by Crippen LogP contribution is 2.39. The predicted molar refractivity (Wildman–Crippen MR) is 52.8 cm³/mol. The van der Waals surface area contributed by atoms with Crippen LogP contribution in [-0.2, 0) is 4.79 Å². The molecule has 0 aliphatic heterocycles.